The van der Waals surface area contributed by atoms with Crippen molar-refractivity contribution < 1.29 is 9.53 Å². The largest absolute Gasteiger partial charge is 0.471 e. The summed E-state index contributed by atoms with van der Waals surface area (Å²) in [5.41, 5.74) is 1.20. The Balaban J connectivity index is 1.50. The number of likely N-dealkylation sites (tertiary alicyclic amines) is 1. The van der Waals surface area contributed by atoms with E-state index in [2.05, 4.69) is 22.3 Å². The summed E-state index contributed by atoms with van der Waals surface area (Å²) < 4.78 is 5.83. The molecule has 2 heterocycles. The maximum atomic E-state index is 12.4. The van der Waals surface area contributed by atoms with E-state index in [1.807, 2.05) is 23.1 Å². The van der Waals surface area contributed by atoms with Crippen molar-refractivity contribution in [3.05, 3.63) is 54.2 Å². The molecule has 1 saturated heterocycles. The van der Waals surface area contributed by atoms with E-state index >= 15 is 0 Å². The van der Waals surface area contributed by atoms with E-state index < -0.39 is 0 Å². The number of rotatable bonds is 5. The van der Waals surface area contributed by atoms with Crippen molar-refractivity contribution in [2.45, 2.75) is 31.8 Å². The maximum Gasteiger partial charge on any atom is 0.233 e. The van der Waals surface area contributed by atoms with Crippen molar-refractivity contribution in [2.75, 3.05) is 13.1 Å². The summed E-state index contributed by atoms with van der Waals surface area (Å²) in [4.78, 5) is 14.3. The van der Waals surface area contributed by atoms with Gasteiger partial charge in [0.15, 0.2) is 0 Å². The van der Waals surface area contributed by atoms with E-state index in [1.54, 1.807) is 18.3 Å². The summed E-state index contributed by atoms with van der Waals surface area (Å²) in [6.07, 6.45) is 4.85. The standard InChI is InChI=1S/C18H21N3O2/c22-18(11-10-15-6-2-1-3-7-15)21-13-5-8-16(14-21)23-17-9-4-12-19-20-17/h1-4,6-7,9,12,16H,5,8,10-11,13-14H2/t16-/m1/s1. The number of piperidine rings is 1. The second-order valence-electron chi connectivity index (χ2n) is 5.77. The van der Waals surface area contributed by atoms with Crippen LogP contribution in [-0.4, -0.2) is 40.2 Å². The molecule has 1 fully saturated rings. The number of benzene rings is 1. The maximum absolute atomic E-state index is 12.4. The van der Waals surface area contributed by atoms with Crippen molar-refractivity contribution >= 4 is 5.91 Å². The summed E-state index contributed by atoms with van der Waals surface area (Å²) >= 11 is 0. The lowest BCUT2D eigenvalue weighted by Gasteiger charge is -2.32. The highest BCUT2D eigenvalue weighted by atomic mass is 16.5. The number of amides is 1. The number of hydrogen-bond acceptors (Lipinski definition) is 4. The predicted molar refractivity (Wildman–Crippen MR) is 87.0 cm³/mol. The third-order valence-corrected chi connectivity index (χ3v) is 4.04. The predicted octanol–water partition coefficient (Wildman–Crippen LogP) is 2.48. The Kier molecular flexibility index (Phi) is 5.19. The number of aryl methyl sites for hydroxylation is 1. The molecule has 1 aromatic heterocycles. The summed E-state index contributed by atoms with van der Waals surface area (Å²) in [7, 11) is 0. The van der Waals surface area contributed by atoms with Crippen molar-refractivity contribution in [1.29, 1.82) is 0 Å². The van der Waals surface area contributed by atoms with Gasteiger partial charge in [0.25, 0.3) is 0 Å². The van der Waals surface area contributed by atoms with Gasteiger partial charge in [-0.3, -0.25) is 4.79 Å². The lowest BCUT2D eigenvalue weighted by molar-refractivity contribution is -0.133. The van der Waals surface area contributed by atoms with Gasteiger partial charge in [-0.15, -0.1) is 5.10 Å². The van der Waals surface area contributed by atoms with Crippen molar-refractivity contribution in [1.82, 2.24) is 15.1 Å². The van der Waals surface area contributed by atoms with Crippen molar-refractivity contribution in [3.63, 3.8) is 0 Å². The van der Waals surface area contributed by atoms with Crippen LogP contribution in [0.15, 0.2) is 48.7 Å². The number of carbonyl (C=O) groups is 1. The van der Waals surface area contributed by atoms with Gasteiger partial charge in [0.1, 0.15) is 6.10 Å². The second-order valence-corrected chi connectivity index (χ2v) is 5.77. The van der Waals surface area contributed by atoms with Crippen LogP contribution in [0.4, 0.5) is 0 Å². The molecule has 5 heteroatoms. The molecule has 0 radical (unpaired) electrons. The Hall–Kier alpha value is -2.43. The Morgan fingerprint density at radius 1 is 1.22 bits per heavy atom. The Bertz CT molecular complexity index is 619. The van der Waals surface area contributed by atoms with Crippen LogP contribution in [0.2, 0.25) is 0 Å². The van der Waals surface area contributed by atoms with Crippen molar-refractivity contribution in [3.8, 4) is 5.88 Å². The highest BCUT2D eigenvalue weighted by Crippen LogP contribution is 2.17. The summed E-state index contributed by atoms with van der Waals surface area (Å²) in [6, 6.07) is 13.7. The van der Waals surface area contributed by atoms with Gasteiger partial charge in [-0.05, 0) is 30.9 Å². The molecule has 1 aliphatic rings. The molecule has 1 aliphatic heterocycles. The van der Waals surface area contributed by atoms with Gasteiger partial charge in [0, 0.05) is 25.2 Å². The third kappa shape index (κ3) is 4.52. The van der Waals surface area contributed by atoms with Crippen LogP contribution in [0.3, 0.4) is 0 Å². The Labute approximate surface area is 136 Å². The van der Waals surface area contributed by atoms with E-state index in [0.29, 0.717) is 18.8 Å². The highest BCUT2D eigenvalue weighted by molar-refractivity contribution is 5.76. The normalized spacial score (nSPS) is 17.7. The minimum atomic E-state index is 0.00104. The number of ether oxygens (including phenoxy) is 1. The van der Waals surface area contributed by atoms with E-state index in [9.17, 15) is 4.79 Å². The molecule has 1 amide bonds. The van der Waals surface area contributed by atoms with E-state index in [0.717, 1.165) is 25.8 Å². The van der Waals surface area contributed by atoms with Gasteiger partial charge in [-0.1, -0.05) is 30.3 Å². The fourth-order valence-electron chi connectivity index (χ4n) is 2.84. The van der Waals surface area contributed by atoms with E-state index in [-0.39, 0.29) is 12.0 Å². The van der Waals surface area contributed by atoms with E-state index in [1.165, 1.54) is 5.56 Å². The number of carbonyl (C=O) groups excluding carboxylic acids is 1. The summed E-state index contributed by atoms with van der Waals surface area (Å²) in [6.45, 7) is 1.44. The SMILES string of the molecule is O=C(CCc1ccccc1)N1CCC[C@@H](Oc2cccnn2)C1. The van der Waals surface area contributed by atoms with Crippen molar-refractivity contribution in [2.24, 2.45) is 0 Å². The molecular formula is C18H21N3O2. The van der Waals surface area contributed by atoms with Gasteiger partial charge < -0.3 is 9.64 Å². The molecule has 0 N–H and O–H groups in total. The molecule has 1 aromatic carbocycles. The fourth-order valence-corrected chi connectivity index (χ4v) is 2.84. The zero-order valence-electron chi connectivity index (χ0n) is 13.1. The molecule has 0 spiro atoms. The molecule has 0 aliphatic carbocycles. The third-order valence-electron chi connectivity index (χ3n) is 4.04. The zero-order chi connectivity index (χ0) is 15.9. The van der Waals surface area contributed by atoms with Crippen LogP contribution in [-0.2, 0) is 11.2 Å². The smallest absolute Gasteiger partial charge is 0.233 e. The Morgan fingerprint density at radius 3 is 2.87 bits per heavy atom. The molecule has 3 rings (SSSR count). The minimum absolute atomic E-state index is 0.00104. The van der Waals surface area contributed by atoms with Gasteiger partial charge >= 0.3 is 0 Å². The second kappa shape index (κ2) is 7.72. The van der Waals surface area contributed by atoms with Crippen LogP contribution in [0.25, 0.3) is 0 Å². The summed E-state index contributed by atoms with van der Waals surface area (Å²) in [5, 5.41) is 7.75. The number of hydrogen-bond donors (Lipinski definition) is 0. The van der Waals surface area contributed by atoms with Crippen LogP contribution >= 0.6 is 0 Å². The Morgan fingerprint density at radius 2 is 2.09 bits per heavy atom. The lowest BCUT2D eigenvalue weighted by atomic mass is 10.1. The molecule has 0 saturated carbocycles. The van der Waals surface area contributed by atoms with Gasteiger partial charge in [0.2, 0.25) is 11.8 Å². The van der Waals surface area contributed by atoms with E-state index in [4.69, 9.17) is 4.74 Å². The zero-order valence-corrected chi connectivity index (χ0v) is 13.1. The highest BCUT2D eigenvalue weighted by Gasteiger charge is 2.24. The minimum Gasteiger partial charge on any atom is -0.471 e. The van der Waals surface area contributed by atoms with Crippen LogP contribution < -0.4 is 4.74 Å². The van der Waals surface area contributed by atoms with Gasteiger partial charge in [-0.25, -0.2) is 0 Å². The number of nitrogens with zero attached hydrogens (tertiary/aromatic N) is 3. The molecule has 23 heavy (non-hydrogen) atoms. The topological polar surface area (TPSA) is 55.3 Å². The average molecular weight is 311 g/mol. The first-order valence-corrected chi connectivity index (χ1v) is 8.07. The lowest BCUT2D eigenvalue weighted by Crippen LogP contribution is -2.44. The molecule has 120 valence electrons. The first-order chi connectivity index (χ1) is 11.3. The number of aromatic nitrogens is 2. The molecular weight excluding hydrogens is 290 g/mol. The molecule has 5 nitrogen and oxygen atoms in total. The summed E-state index contributed by atoms with van der Waals surface area (Å²) in [5.74, 6) is 0.720. The first kappa shape index (κ1) is 15.5. The van der Waals surface area contributed by atoms with Gasteiger partial charge in [0.05, 0.1) is 6.54 Å². The molecule has 1 atom stereocenters. The fraction of sp³-hybridized carbons (Fsp3) is 0.389. The van der Waals surface area contributed by atoms with Crippen LogP contribution in [0, 0.1) is 0 Å². The average Bonchev–Trinajstić information content (AvgIpc) is 2.62. The van der Waals surface area contributed by atoms with Gasteiger partial charge in [-0.2, -0.15) is 5.10 Å². The van der Waals surface area contributed by atoms with Crippen LogP contribution in [0.5, 0.6) is 5.88 Å². The molecule has 0 bridgehead atoms. The van der Waals surface area contributed by atoms with Crippen LogP contribution in [0.1, 0.15) is 24.8 Å². The quantitative estimate of drug-likeness (QED) is 0.851. The monoisotopic (exact) mass is 311 g/mol. The first-order valence-electron chi connectivity index (χ1n) is 8.07. The molecule has 0 unspecified atom stereocenters. The molecule has 2 aromatic rings.